The molecule has 3 N–H and O–H groups in total. The van der Waals surface area contributed by atoms with Crippen LogP contribution in [0.1, 0.15) is 12.5 Å². The molecule has 0 saturated carbocycles. The van der Waals surface area contributed by atoms with Gasteiger partial charge < -0.3 is 10.4 Å². The van der Waals surface area contributed by atoms with E-state index in [4.69, 9.17) is 0 Å². The number of nitrogens with zero attached hydrogens (tertiary/aromatic N) is 1. The zero-order valence-electron chi connectivity index (χ0n) is 11.3. The molecule has 0 radical (unpaired) electrons. The highest BCUT2D eigenvalue weighted by Gasteiger charge is 2.07. The lowest BCUT2D eigenvalue weighted by Gasteiger charge is -2.16. The normalized spacial score (nSPS) is 12.4. The van der Waals surface area contributed by atoms with Crippen molar-refractivity contribution in [2.45, 2.75) is 19.4 Å². The number of benzene rings is 2. The van der Waals surface area contributed by atoms with Crippen LogP contribution in [0.15, 0.2) is 48.7 Å². The van der Waals surface area contributed by atoms with E-state index in [0.717, 1.165) is 23.0 Å². The maximum absolute atomic E-state index is 9.29. The second-order valence-electron chi connectivity index (χ2n) is 5.06. The second-order valence-corrected chi connectivity index (χ2v) is 5.06. The van der Waals surface area contributed by atoms with Crippen LogP contribution in [0.25, 0.3) is 10.9 Å². The largest absolute Gasteiger partial charge is 0.508 e. The van der Waals surface area contributed by atoms with Crippen LogP contribution in [0, 0.1) is 0 Å². The van der Waals surface area contributed by atoms with Crippen LogP contribution in [0.3, 0.4) is 0 Å². The zero-order valence-corrected chi connectivity index (χ0v) is 11.3. The Kier molecular flexibility index (Phi) is 3.29. The number of anilines is 1. The highest BCUT2D eigenvalue weighted by atomic mass is 16.3. The van der Waals surface area contributed by atoms with Gasteiger partial charge >= 0.3 is 0 Å². The topological polar surface area (TPSA) is 60.9 Å². The predicted octanol–water partition coefficient (Wildman–Crippen LogP) is 3.31. The van der Waals surface area contributed by atoms with E-state index in [-0.39, 0.29) is 6.04 Å². The number of aromatic amines is 1. The Balaban J connectivity index is 1.74. The van der Waals surface area contributed by atoms with Crippen LogP contribution in [0.4, 0.5) is 5.69 Å². The SMILES string of the molecule is CC(Cc1ccc(O)cc1)Nc1cccc2cn[nH]c12. The van der Waals surface area contributed by atoms with Crippen LogP contribution in [0.5, 0.6) is 5.75 Å². The van der Waals surface area contributed by atoms with Gasteiger partial charge in [0.2, 0.25) is 0 Å². The molecule has 3 rings (SSSR count). The van der Waals surface area contributed by atoms with Gasteiger partial charge in [0.15, 0.2) is 0 Å². The van der Waals surface area contributed by atoms with Crippen molar-refractivity contribution in [3.63, 3.8) is 0 Å². The third-order valence-corrected chi connectivity index (χ3v) is 3.36. The standard InChI is InChI=1S/C16H17N3O/c1-11(9-12-5-7-14(20)8-6-12)18-15-4-2-3-13-10-17-19-16(13)15/h2-8,10-11,18,20H,9H2,1H3,(H,17,19). The second kappa shape index (κ2) is 5.25. The number of hydrogen-bond donors (Lipinski definition) is 3. The molecule has 3 aromatic rings. The first kappa shape index (κ1) is 12.5. The van der Waals surface area contributed by atoms with Crippen LogP contribution < -0.4 is 5.32 Å². The maximum Gasteiger partial charge on any atom is 0.115 e. The number of hydrogen-bond acceptors (Lipinski definition) is 3. The zero-order chi connectivity index (χ0) is 13.9. The molecule has 102 valence electrons. The lowest BCUT2D eigenvalue weighted by atomic mass is 10.1. The quantitative estimate of drug-likeness (QED) is 0.679. The smallest absolute Gasteiger partial charge is 0.115 e. The molecule has 0 aliphatic heterocycles. The minimum Gasteiger partial charge on any atom is -0.508 e. The summed E-state index contributed by atoms with van der Waals surface area (Å²) in [5, 5.41) is 21.0. The number of aromatic hydroxyl groups is 1. The maximum atomic E-state index is 9.29. The first-order valence-corrected chi connectivity index (χ1v) is 6.69. The molecule has 4 nitrogen and oxygen atoms in total. The minimum atomic E-state index is 0.286. The molecule has 4 heteroatoms. The molecule has 1 aromatic heterocycles. The average molecular weight is 267 g/mol. The fraction of sp³-hybridized carbons (Fsp3) is 0.188. The molecule has 1 atom stereocenters. The van der Waals surface area contributed by atoms with Gasteiger partial charge in [-0.15, -0.1) is 0 Å². The molecule has 0 bridgehead atoms. The van der Waals surface area contributed by atoms with E-state index in [1.807, 2.05) is 36.5 Å². The van der Waals surface area contributed by atoms with E-state index in [0.29, 0.717) is 5.75 Å². The van der Waals surface area contributed by atoms with E-state index in [9.17, 15) is 5.11 Å². The fourth-order valence-corrected chi connectivity index (χ4v) is 2.39. The van der Waals surface area contributed by atoms with Gasteiger partial charge in [0.25, 0.3) is 0 Å². The number of phenols is 1. The Morgan fingerprint density at radius 3 is 2.80 bits per heavy atom. The molecule has 0 saturated heterocycles. The molecule has 1 heterocycles. The molecule has 0 aliphatic rings. The summed E-state index contributed by atoms with van der Waals surface area (Å²) >= 11 is 0. The van der Waals surface area contributed by atoms with Gasteiger partial charge in [0.05, 0.1) is 17.4 Å². The molecule has 0 aliphatic carbocycles. The van der Waals surface area contributed by atoms with Crippen molar-refractivity contribution in [1.29, 1.82) is 0 Å². The summed E-state index contributed by atoms with van der Waals surface area (Å²) in [5.74, 6) is 0.302. The molecule has 20 heavy (non-hydrogen) atoms. The van der Waals surface area contributed by atoms with E-state index in [1.54, 1.807) is 12.1 Å². The van der Waals surface area contributed by atoms with Crippen LogP contribution >= 0.6 is 0 Å². The number of nitrogens with one attached hydrogen (secondary N) is 2. The third kappa shape index (κ3) is 2.59. The van der Waals surface area contributed by atoms with Crippen molar-refractivity contribution in [3.8, 4) is 5.75 Å². The summed E-state index contributed by atoms with van der Waals surface area (Å²) < 4.78 is 0. The van der Waals surface area contributed by atoms with Gasteiger partial charge in [-0.05, 0) is 37.1 Å². The molecule has 0 spiro atoms. The van der Waals surface area contributed by atoms with Crippen LogP contribution in [-0.4, -0.2) is 21.3 Å². The summed E-state index contributed by atoms with van der Waals surface area (Å²) in [6.07, 6.45) is 2.72. The van der Waals surface area contributed by atoms with E-state index < -0.39 is 0 Å². The number of para-hydroxylation sites is 1. The third-order valence-electron chi connectivity index (χ3n) is 3.36. The molecule has 0 fully saturated rings. The molecule has 2 aromatic carbocycles. The van der Waals surface area contributed by atoms with Crippen molar-refractivity contribution in [3.05, 3.63) is 54.2 Å². The van der Waals surface area contributed by atoms with Gasteiger partial charge in [-0.25, -0.2) is 0 Å². The summed E-state index contributed by atoms with van der Waals surface area (Å²) in [6, 6.07) is 13.7. The summed E-state index contributed by atoms with van der Waals surface area (Å²) in [5.41, 5.74) is 3.29. The van der Waals surface area contributed by atoms with E-state index in [1.165, 1.54) is 5.56 Å². The van der Waals surface area contributed by atoms with Crippen molar-refractivity contribution in [2.75, 3.05) is 5.32 Å². The van der Waals surface area contributed by atoms with Gasteiger partial charge in [-0.1, -0.05) is 24.3 Å². The Hall–Kier alpha value is -2.49. The molecule has 1 unspecified atom stereocenters. The lowest BCUT2D eigenvalue weighted by molar-refractivity contribution is 0.475. The average Bonchev–Trinajstić information content (AvgIpc) is 2.91. The Morgan fingerprint density at radius 1 is 1.20 bits per heavy atom. The van der Waals surface area contributed by atoms with Crippen molar-refractivity contribution < 1.29 is 5.11 Å². The van der Waals surface area contributed by atoms with Crippen LogP contribution in [-0.2, 0) is 6.42 Å². The van der Waals surface area contributed by atoms with Crippen LogP contribution in [0.2, 0.25) is 0 Å². The Bertz CT molecular complexity index is 703. The Labute approximate surface area is 117 Å². The molecule has 0 amide bonds. The summed E-state index contributed by atoms with van der Waals surface area (Å²) in [6.45, 7) is 2.14. The number of rotatable bonds is 4. The van der Waals surface area contributed by atoms with Gasteiger partial charge in [-0.2, -0.15) is 5.10 Å². The fourth-order valence-electron chi connectivity index (χ4n) is 2.39. The monoisotopic (exact) mass is 267 g/mol. The van der Waals surface area contributed by atoms with Gasteiger partial charge in [0.1, 0.15) is 5.75 Å². The molecular weight excluding hydrogens is 250 g/mol. The van der Waals surface area contributed by atoms with Crippen molar-refractivity contribution in [1.82, 2.24) is 10.2 Å². The summed E-state index contributed by atoms with van der Waals surface area (Å²) in [7, 11) is 0. The summed E-state index contributed by atoms with van der Waals surface area (Å²) in [4.78, 5) is 0. The molecular formula is C16H17N3O. The highest BCUT2D eigenvalue weighted by molar-refractivity contribution is 5.89. The first-order valence-electron chi connectivity index (χ1n) is 6.69. The van der Waals surface area contributed by atoms with Gasteiger partial charge in [0, 0.05) is 11.4 Å². The number of aromatic nitrogens is 2. The minimum absolute atomic E-state index is 0.286. The highest BCUT2D eigenvalue weighted by Crippen LogP contribution is 2.22. The lowest BCUT2D eigenvalue weighted by Crippen LogP contribution is -2.18. The van der Waals surface area contributed by atoms with E-state index in [2.05, 4.69) is 22.4 Å². The number of H-pyrrole nitrogens is 1. The number of fused-ring (bicyclic) bond motifs is 1. The van der Waals surface area contributed by atoms with E-state index >= 15 is 0 Å². The van der Waals surface area contributed by atoms with Gasteiger partial charge in [-0.3, -0.25) is 5.10 Å². The Morgan fingerprint density at radius 2 is 2.00 bits per heavy atom. The number of phenolic OH excluding ortho intramolecular Hbond substituents is 1. The van der Waals surface area contributed by atoms with Crippen molar-refractivity contribution in [2.24, 2.45) is 0 Å². The first-order chi connectivity index (χ1) is 9.72. The predicted molar refractivity (Wildman–Crippen MR) is 81.0 cm³/mol. The van der Waals surface area contributed by atoms with Crippen molar-refractivity contribution >= 4 is 16.6 Å².